The van der Waals surface area contributed by atoms with Crippen molar-refractivity contribution in [2.75, 3.05) is 46.3 Å². The van der Waals surface area contributed by atoms with E-state index in [9.17, 15) is 4.79 Å². The maximum atomic E-state index is 12.8. The van der Waals surface area contributed by atoms with Gasteiger partial charge in [0.05, 0.1) is 6.04 Å². The minimum atomic E-state index is -0.457. The molecule has 1 aromatic carbocycles. The number of aromatic amines is 1. The third-order valence-corrected chi connectivity index (χ3v) is 6.22. The van der Waals surface area contributed by atoms with Crippen LogP contribution in [0.3, 0.4) is 0 Å². The van der Waals surface area contributed by atoms with E-state index in [4.69, 9.17) is 5.73 Å². The van der Waals surface area contributed by atoms with Crippen LogP contribution < -0.4 is 5.73 Å². The Morgan fingerprint density at radius 1 is 1.15 bits per heavy atom. The summed E-state index contributed by atoms with van der Waals surface area (Å²) < 4.78 is 0. The summed E-state index contributed by atoms with van der Waals surface area (Å²) >= 11 is 0. The molecule has 6 heteroatoms. The van der Waals surface area contributed by atoms with Gasteiger partial charge in [-0.2, -0.15) is 0 Å². The van der Waals surface area contributed by atoms with Crippen molar-refractivity contribution in [1.29, 1.82) is 0 Å². The van der Waals surface area contributed by atoms with E-state index in [1.54, 1.807) is 0 Å². The molecule has 0 spiro atoms. The standard InChI is InChI=1S/C21H31N5O/c1-24-10-12-25(13-11-24)18-5-8-26(9-6-18)21(27)19(22)15-16-2-3-20-17(14-16)4-7-23-20/h2-4,7,14,18-19,23H,5-6,8-13,15,22H2,1H3. The highest BCUT2D eigenvalue weighted by molar-refractivity contribution is 5.83. The summed E-state index contributed by atoms with van der Waals surface area (Å²) in [6, 6.07) is 8.46. The first-order valence-corrected chi connectivity index (χ1v) is 10.1. The van der Waals surface area contributed by atoms with Gasteiger partial charge in [0.2, 0.25) is 5.91 Å². The lowest BCUT2D eigenvalue weighted by atomic mass is 9.99. The van der Waals surface area contributed by atoms with Crippen LogP contribution in [0.25, 0.3) is 10.9 Å². The lowest BCUT2D eigenvalue weighted by Gasteiger charge is -2.42. The highest BCUT2D eigenvalue weighted by atomic mass is 16.2. The van der Waals surface area contributed by atoms with Gasteiger partial charge in [0.1, 0.15) is 0 Å². The first-order valence-electron chi connectivity index (χ1n) is 10.1. The van der Waals surface area contributed by atoms with Crippen LogP contribution in [-0.4, -0.2) is 84.0 Å². The Morgan fingerprint density at radius 2 is 1.89 bits per heavy atom. The van der Waals surface area contributed by atoms with E-state index >= 15 is 0 Å². The number of carbonyl (C=O) groups excluding carboxylic acids is 1. The monoisotopic (exact) mass is 369 g/mol. The zero-order valence-electron chi connectivity index (χ0n) is 16.2. The molecule has 2 aliphatic heterocycles. The van der Waals surface area contributed by atoms with Crippen molar-refractivity contribution in [3.63, 3.8) is 0 Å². The summed E-state index contributed by atoms with van der Waals surface area (Å²) in [6.07, 6.45) is 4.66. The van der Waals surface area contributed by atoms with Gasteiger partial charge in [-0.15, -0.1) is 0 Å². The third-order valence-electron chi connectivity index (χ3n) is 6.22. The average Bonchev–Trinajstić information content (AvgIpc) is 3.16. The molecule has 6 nitrogen and oxygen atoms in total. The minimum Gasteiger partial charge on any atom is -0.361 e. The largest absolute Gasteiger partial charge is 0.361 e. The highest BCUT2D eigenvalue weighted by Gasteiger charge is 2.30. The van der Waals surface area contributed by atoms with Crippen molar-refractivity contribution in [3.05, 3.63) is 36.0 Å². The smallest absolute Gasteiger partial charge is 0.239 e. The fraction of sp³-hybridized carbons (Fsp3) is 0.571. The van der Waals surface area contributed by atoms with Gasteiger partial charge in [-0.25, -0.2) is 0 Å². The number of nitrogens with zero attached hydrogens (tertiary/aromatic N) is 3. The molecule has 0 saturated carbocycles. The molecule has 2 saturated heterocycles. The van der Waals surface area contributed by atoms with Gasteiger partial charge >= 0.3 is 0 Å². The molecule has 1 amide bonds. The van der Waals surface area contributed by atoms with E-state index < -0.39 is 6.04 Å². The summed E-state index contributed by atoms with van der Waals surface area (Å²) in [5.41, 5.74) is 8.51. The molecule has 27 heavy (non-hydrogen) atoms. The number of hydrogen-bond donors (Lipinski definition) is 2. The number of aromatic nitrogens is 1. The zero-order chi connectivity index (χ0) is 18.8. The number of hydrogen-bond acceptors (Lipinski definition) is 4. The number of nitrogens with two attached hydrogens (primary N) is 1. The van der Waals surface area contributed by atoms with E-state index in [-0.39, 0.29) is 5.91 Å². The number of piperidine rings is 1. The predicted octanol–water partition coefficient (Wildman–Crippen LogP) is 1.28. The molecular weight excluding hydrogens is 338 g/mol. The van der Waals surface area contributed by atoms with E-state index in [0.29, 0.717) is 12.5 Å². The van der Waals surface area contributed by atoms with Gasteiger partial charge in [0, 0.05) is 57.0 Å². The second kappa shape index (κ2) is 8.00. The Labute approximate surface area is 161 Å². The van der Waals surface area contributed by atoms with Crippen molar-refractivity contribution >= 4 is 16.8 Å². The van der Waals surface area contributed by atoms with Crippen LogP contribution in [-0.2, 0) is 11.2 Å². The number of likely N-dealkylation sites (tertiary alicyclic amines) is 1. The molecule has 0 bridgehead atoms. The maximum absolute atomic E-state index is 12.8. The molecule has 1 aromatic heterocycles. The molecule has 1 unspecified atom stereocenters. The first-order chi connectivity index (χ1) is 13.1. The predicted molar refractivity (Wildman–Crippen MR) is 109 cm³/mol. The molecule has 0 aliphatic carbocycles. The van der Waals surface area contributed by atoms with Crippen LogP contribution >= 0.6 is 0 Å². The number of fused-ring (bicyclic) bond motifs is 1. The second-order valence-electron chi connectivity index (χ2n) is 8.11. The quantitative estimate of drug-likeness (QED) is 0.852. The van der Waals surface area contributed by atoms with Gasteiger partial charge in [-0.05, 0) is 55.5 Å². The lowest BCUT2D eigenvalue weighted by Crippen LogP contribution is -2.54. The van der Waals surface area contributed by atoms with Crippen molar-refractivity contribution in [3.8, 4) is 0 Å². The van der Waals surface area contributed by atoms with Crippen molar-refractivity contribution in [2.24, 2.45) is 5.73 Å². The molecular formula is C21H31N5O. The first kappa shape index (κ1) is 18.5. The number of benzene rings is 1. The number of amides is 1. The molecule has 2 fully saturated rings. The average molecular weight is 370 g/mol. The summed E-state index contributed by atoms with van der Waals surface area (Å²) in [5, 5.41) is 1.17. The topological polar surface area (TPSA) is 68.6 Å². The molecule has 4 rings (SSSR count). The Kier molecular flexibility index (Phi) is 5.48. The molecule has 2 aliphatic rings. The number of likely N-dealkylation sites (N-methyl/N-ethyl adjacent to an activating group) is 1. The molecule has 3 heterocycles. The molecule has 3 N–H and O–H groups in total. The fourth-order valence-corrected chi connectivity index (χ4v) is 4.44. The van der Waals surface area contributed by atoms with Crippen molar-refractivity contribution in [2.45, 2.75) is 31.3 Å². The van der Waals surface area contributed by atoms with Crippen LogP contribution in [0.15, 0.2) is 30.5 Å². The Hall–Kier alpha value is -1.89. The maximum Gasteiger partial charge on any atom is 0.239 e. The molecule has 2 aromatic rings. The zero-order valence-corrected chi connectivity index (χ0v) is 16.2. The van der Waals surface area contributed by atoms with Gasteiger partial charge in [-0.1, -0.05) is 6.07 Å². The van der Waals surface area contributed by atoms with Crippen LogP contribution in [0.4, 0.5) is 0 Å². The summed E-state index contributed by atoms with van der Waals surface area (Å²) in [5.74, 6) is 0.0981. The Bertz CT molecular complexity index is 772. The molecule has 146 valence electrons. The Balaban J connectivity index is 1.29. The number of nitrogens with one attached hydrogen (secondary N) is 1. The van der Waals surface area contributed by atoms with Crippen molar-refractivity contribution < 1.29 is 4.79 Å². The number of piperazine rings is 1. The SMILES string of the molecule is CN1CCN(C2CCN(C(=O)C(N)Cc3ccc4[nH]ccc4c3)CC2)CC1. The van der Waals surface area contributed by atoms with Crippen LogP contribution in [0.2, 0.25) is 0 Å². The van der Waals surface area contributed by atoms with Gasteiger partial charge < -0.3 is 20.5 Å². The fourth-order valence-electron chi connectivity index (χ4n) is 4.44. The highest BCUT2D eigenvalue weighted by Crippen LogP contribution is 2.20. The minimum absolute atomic E-state index is 0.0981. The number of rotatable bonds is 4. The van der Waals surface area contributed by atoms with Crippen molar-refractivity contribution in [1.82, 2.24) is 19.7 Å². The van der Waals surface area contributed by atoms with Gasteiger partial charge in [0.15, 0.2) is 0 Å². The Morgan fingerprint density at radius 3 is 2.63 bits per heavy atom. The van der Waals surface area contributed by atoms with Crippen LogP contribution in [0, 0.1) is 0 Å². The third kappa shape index (κ3) is 4.18. The van der Waals surface area contributed by atoms with Gasteiger partial charge in [-0.3, -0.25) is 9.69 Å². The van der Waals surface area contributed by atoms with Crippen LogP contribution in [0.1, 0.15) is 18.4 Å². The van der Waals surface area contributed by atoms with Gasteiger partial charge in [0.25, 0.3) is 0 Å². The number of carbonyl (C=O) groups is 1. The summed E-state index contributed by atoms with van der Waals surface area (Å²) in [6.45, 7) is 6.26. The molecule has 1 atom stereocenters. The van der Waals surface area contributed by atoms with E-state index in [0.717, 1.165) is 63.2 Å². The molecule has 0 radical (unpaired) electrons. The number of H-pyrrole nitrogens is 1. The lowest BCUT2D eigenvalue weighted by molar-refractivity contribution is -0.134. The normalized spacial score (nSPS) is 21.6. The summed E-state index contributed by atoms with van der Waals surface area (Å²) in [4.78, 5) is 23.0. The second-order valence-corrected chi connectivity index (χ2v) is 8.11. The van der Waals surface area contributed by atoms with E-state index in [1.807, 2.05) is 11.1 Å². The summed E-state index contributed by atoms with van der Waals surface area (Å²) in [7, 11) is 2.19. The van der Waals surface area contributed by atoms with E-state index in [2.05, 4.69) is 46.1 Å². The van der Waals surface area contributed by atoms with Crippen LogP contribution in [0.5, 0.6) is 0 Å². The van der Waals surface area contributed by atoms with E-state index in [1.165, 1.54) is 5.39 Å².